The van der Waals surface area contributed by atoms with E-state index in [1.807, 2.05) is 6.92 Å². The van der Waals surface area contributed by atoms with Crippen molar-refractivity contribution in [2.45, 2.75) is 30.5 Å². The Bertz CT molecular complexity index is 701. The zero-order valence-electron chi connectivity index (χ0n) is 13.5. The topological polar surface area (TPSA) is 46.1 Å². The van der Waals surface area contributed by atoms with E-state index in [1.165, 1.54) is 16.6 Å². The monoisotopic (exact) mass is 347 g/mol. The Morgan fingerprint density at radius 1 is 1.39 bits per heavy atom. The third-order valence-electron chi connectivity index (χ3n) is 3.34. The lowest BCUT2D eigenvalue weighted by molar-refractivity contribution is -0.129. The molecule has 122 valence electrons. The minimum Gasteiger partial charge on any atom is -0.334 e. The Labute approximate surface area is 145 Å². The normalized spacial score (nSPS) is 12.1. The number of aryl methyl sites for hydroxylation is 1. The van der Waals surface area contributed by atoms with Crippen LogP contribution in [-0.2, 0) is 11.2 Å². The second-order valence-corrected chi connectivity index (χ2v) is 7.49. The fourth-order valence-corrected chi connectivity index (χ4v) is 4.17. The molecule has 6 heteroatoms. The van der Waals surface area contributed by atoms with E-state index >= 15 is 0 Å². The molecule has 0 saturated heterocycles. The van der Waals surface area contributed by atoms with Crippen molar-refractivity contribution in [3.63, 3.8) is 0 Å². The SMILES string of the molecule is C=CCN(CC=C)C(=O)C(C)Sc1ncnc2sc(CC)cc12. The van der Waals surface area contributed by atoms with Gasteiger partial charge in [0.15, 0.2) is 0 Å². The molecule has 0 aliphatic carbocycles. The molecule has 0 N–H and O–H groups in total. The number of amides is 1. The summed E-state index contributed by atoms with van der Waals surface area (Å²) in [5.41, 5.74) is 0. The van der Waals surface area contributed by atoms with E-state index < -0.39 is 0 Å². The van der Waals surface area contributed by atoms with Gasteiger partial charge in [-0.15, -0.1) is 24.5 Å². The smallest absolute Gasteiger partial charge is 0.236 e. The highest BCUT2D eigenvalue weighted by Crippen LogP contribution is 2.33. The first-order valence-corrected chi connectivity index (χ1v) is 9.21. The third kappa shape index (κ3) is 4.20. The van der Waals surface area contributed by atoms with Gasteiger partial charge in [0.1, 0.15) is 16.2 Å². The lowest BCUT2D eigenvalue weighted by Crippen LogP contribution is -2.36. The molecule has 0 spiro atoms. The van der Waals surface area contributed by atoms with Crippen LogP contribution in [-0.4, -0.2) is 39.1 Å². The molecule has 0 radical (unpaired) electrons. The predicted octanol–water partition coefficient (Wildman–Crippen LogP) is 3.93. The molecule has 0 fully saturated rings. The summed E-state index contributed by atoms with van der Waals surface area (Å²) in [6.07, 6.45) is 6.01. The summed E-state index contributed by atoms with van der Waals surface area (Å²) >= 11 is 3.16. The fraction of sp³-hybridized carbons (Fsp3) is 0.353. The van der Waals surface area contributed by atoms with Gasteiger partial charge in [0.05, 0.1) is 5.25 Å². The molecule has 1 atom stereocenters. The number of fused-ring (bicyclic) bond motifs is 1. The number of carbonyl (C=O) groups is 1. The standard InChI is InChI=1S/C17H21N3OS2/c1-5-8-20(9-6-2)17(21)12(4)22-15-14-10-13(7-3)23-16(14)19-11-18-15/h5-6,10-12H,1-2,7-9H2,3-4H3. The van der Waals surface area contributed by atoms with E-state index in [1.54, 1.807) is 34.7 Å². The van der Waals surface area contributed by atoms with Crippen LogP contribution in [0.5, 0.6) is 0 Å². The van der Waals surface area contributed by atoms with Crippen LogP contribution in [0.1, 0.15) is 18.7 Å². The van der Waals surface area contributed by atoms with E-state index in [4.69, 9.17) is 0 Å². The third-order valence-corrected chi connectivity index (χ3v) is 5.63. The first-order chi connectivity index (χ1) is 11.1. The summed E-state index contributed by atoms with van der Waals surface area (Å²) in [5, 5.41) is 1.68. The lowest BCUT2D eigenvalue weighted by atomic mass is 10.3. The van der Waals surface area contributed by atoms with E-state index in [0.29, 0.717) is 13.1 Å². The highest BCUT2D eigenvalue weighted by molar-refractivity contribution is 8.00. The first kappa shape index (κ1) is 17.7. The molecular weight excluding hydrogens is 326 g/mol. The predicted molar refractivity (Wildman–Crippen MR) is 99.1 cm³/mol. The maximum absolute atomic E-state index is 12.6. The second kappa shape index (κ2) is 8.26. The van der Waals surface area contributed by atoms with Crippen LogP contribution in [0.25, 0.3) is 10.2 Å². The number of nitrogens with zero attached hydrogens (tertiary/aromatic N) is 3. The number of aromatic nitrogens is 2. The number of thioether (sulfide) groups is 1. The molecule has 2 aromatic heterocycles. The van der Waals surface area contributed by atoms with Gasteiger partial charge < -0.3 is 4.90 Å². The molecule has 0 aliphatic rings. The average Bonchev–Trinajstić information content (AvgIpc) is 2.98. The number of hydrogen-bond acceptors (Lipinski definition) is 5. The number of hydrogen-bond donors (Lipinski definition) is 0. The lowest BCUT2D eigenvalue weighted by Gasteiger charge is -2.22. The zero-order valence-corrected chi connectivity index (χ0v) is 15.1. The van der Waals surface area contributed by atoms with Crippen molar-refractivity contribution in [2.24, 2.45) is 0 Å². The zero-order chi connectivity index (χ0) is 16.8. The minimum atomic E-state index is -0.224. The molecule has 4 nitrogen and oxygen atoms in total. The quantitative estimate of drug-likeness (QED) is 0.412. The van der Waals surface area contributed by atoms with Crippen LogP contribution in [0.4, 0.5) is 0 Å². The molecule has 2 rings (SSSR count). The largest absolute Gasteiger partial charge is 0.334 e. The van der Waals surface area contributed by atoms with E-state index in [9.17, 15) is 4.79 Å². The van der Waals surface area contributed by atoms with Gasteiger partial charge in [-0.05, 0) is 19.4 Å². The Hall–Kier alpha value is -1.66. The van der Waals surface area contributed by atoms with Gasteiger partial charge in [0.2, 0.25) is 5.91 Å². The van der Waals surface area contributed by atoms with Gasteiger partial charge in [-0.2, -0.15) is 0 Å². The molecule has 0 bridgehead atoms. The first-order valence-electron chi connectivity index (χ1n) is 7.51. The van der Waals surface area contributed by atoms with Crippen molar-refractivity contribution < 1.29 is 4.79 Å². The van der Waals surface area contributed by atoms with Crippen LogP contribution in [0.2, 0.25) is 0 Å². The Balaban J connectivity index is 2.20. The molecule has 2 aromatic rings. The molecule has 0 saturated carbocycles. The van der Waals surface area contributed by atoms with Crippen molar-refractivity contribution >= 4 is 39.2 Å². The summed E-state index contributed by atoms with van der Waals surface area (Å²) in [4.78, 5) is 25.3. The maximum atomic E-state index is 12.6. The van der Waals surface area contributed by atoms with Crippen molar-refractivity contribution in [1.29, 1.82) is 0 Å². The van der Waals surface area contributed by atoms with Crippen molar-refractivity contribution in [1.82, 2.24) is 14.9 Å². The summed E-state index contributed by atoms with van der Waals surface area (Å²) in [6, 6.07) is 2.13. The maximum Gasteiger partial charge on any atom is 0.236 e. The molecular formula is C17H21N3OS2. The Morgan fingerprint density at radius 2 is 2.09 bits per heavy atom. The summed E-state index contributed by atoms with van der Waals surface area (Å²) in [6.45, 7) is 12.5. The highest BCUT2D eigenvalue weighted by atomic mass is 32.2. The van der Waals surface area contributed by atoms with Crippen LogP contribution in [0, 0.1) is 0 Å². The molecule has 1 amide bonds. The Kier molecular flexibility index (Phi) is 6.36. The minimum absolute atomic E-state index is 0.0625. The van der Waals surface area contributed by atoms with Gasteiger partial charge in [0.25, 0.3) is 0 Å². The van der Waals surface area contributed by atoms with Crippen molar-refractivity contribution in [2.75, 3.05) is 13.1 Å². The molecule has 2 heterocycles. The fourth-order valence-electron chi connectivity index (χ4n) is 2.19. The van der Waals surface area contributed by atoms with Crippen LogP contribution < -0.4 is 0 Å². The summed E-state index contributed by atoms with van der Waals surface area (Å²) in [7, 11) is 0. The molecule has 23 heavy (non-hydrogen) atoms. The van der Waals surface area contributed by atoms with Gasteiger partial charge in [-0.3, -0.25) is 4.79 Å². The summed E-state index contributed by atoms with van der Waals surface area (Å²) in [5.74, 6) is 0.0625. The second-order valence-electron chi connectivity index (χ2n) is 5.04. The molecule has 0 aromatic carbocycles. The van der Waals surface area contributed by atoms with E-state index in [-0.39, 0.29) is 11.2 Å². The van der Waals surface area contributed by atoms with Crippen molar-refractivity contribution in [3.05, 3.63) is 42.6 Å². The Morgan fingerprint density at radius 3 is 2.70 bits per heavy atom. The number of thiophene rings is 1. The van der Waals surface area contributed by atoms with Crippen molar-refractivity contribution in [3.8, 4) is 0 Å². The molecule has 1 unspecified atom stereocenters. The summed E-state index contributed by atoms with van der Waals surface area (Å²) < 4.78 is 0. The average molecular weight is 348 g/mol. The number of rotatable bonds is 8. The van der Waals surface area contributed by atoms with Crippen LogP contribution >= 0.6 is 23.1 Å². The van der Waals surface area contributed by atoms with Gasteiger partial charge in [-0.1, -0.05) is 30.8 Å². The van der Waals surface area contributed by atoms with E-state index in [2.05, 4.69) is 36.1 Å². The van der Waals surface area contributed by atoms with Crippen LogP contribution in [0.15, 0.2) is 42.7 Å². The van der Waals surface area contributed by atoms with Crippen LogP contribution in [0.3, 0.4) is 0 Å². The van der Waals surface area contributed by atoms with Gasteiger partial charge in [-0.25, -0.2) is 9.97 Å². The molecule has 0 aliphatic heterocycles. The van der Waals surface area contributed by atoms with E-state index in [0.717, 1.165) is 21.7 Å². The highest BCUT2D eigenvalue weighted by Gasteiger charge is 2.22. The van der Waals surface area contributed by atoms with Gasteiger partial charge in [0, 0.05) is 23.4 Å². The van der Waals surface area contributed by atoms with Gasteiger partial charge >= 0.3 is 0 Å². The number of carbonyl (C=O) groups excluding carboxylic acids is 1.